The molecule has 0 saturated carbocycles. The van der Waals surface area contributed by atoms with Crippen molar-refractivity contribution in [1.82, 2.24) is 14.8 Å². The Morgan fingerprint density at radius 3 is 2.81 bits per heavy atom. The van der Waals surface area contributed by atoms with Crippen molar-refractivity contribution >= 4 is 11.6 Å². The van der Waals surface area contributed by atoms with Gasteiger partial charge in [0.2, 0.25) is 0 Å². The van der Waals surface area contributed by atoms with E-state index in [1.165, 1.54) is 12.1 Å². The lowest BCUT2D eigenvalue weighted by Crippen LogP contribution is -1.98. The van der Waals surface area contributed by atoms with Crippen LogP contribution in [0.3, 0.4) is 0 Å². The zero-order valence-corrected chi connectivity index (χ0v) is 11.4. The number of hydrogen-bond acceptors (Lipinski definition) is 3. The van der Waals surface area contributed by atoms with Crippen molar-refractivity contribution in [3.63, 3.8) is 0 Å². The van der Waals surface area contributed by atoms with Crippen LogP contribution in [0.1, 0.15) is 5.56 Å². The molecule has 0 N–H and O–H groups in total. The Kier molecular flexibility index (Phi) is 3.38. The van der Waals surface area contributed by atoms with Crippen LogP contribution < -0.4 is 0 Å². The number of rotatable bonds is 2. The monoisotopic (exact) mass is 298 g/mol. The van der Waals surface area contributed by atoms with Crippen molar-refractivity contribution in [1.29, 1.82) is 5.26 Å². The largest absolute Gasteiger partial charge is 0.237 e. The van der Waals surface area contributed by atoms with Crippen LogP contribution in [-0.2, 0) is 0 Å². The predicted molar refractivity (Wildman–Crippen MR) is 76.5 cm³/mol. The maximum absolute atomic E-state index is 14.2. The summed E-state index contributed by atoms with van der Waals surface area (Å²) in [5.41, 5.74) is 1.13. The first-order valence-corrected chi connectivity index (χ1v) is 6.42. The third kappa shape index (κ3) is 2.49. The minimum atomic E-state index is -0.562. The second-order valence-electron chi connectivity index (χ2n) is 4.28. The van der Waals surface area contributed by atoms with Gasteiger partial charge in [0.05, 0.1) is 16.7 Å². The number of benzene rings is 1. The summed E-state index contributed by atoms with van der Waals surface area (Å²) >= 11 is 5.83. The molecule has 6 heteroatoms. The second kappa shape index (κ2) is 5.35. The zero-order valence-electron chi connectivity index (χ0n) is 10.7. The van der Waals surface area contributed by atoms with Crippen LogP contribution in [0.15, 0.2) is 48.9 Å². The molecule has 1 aromatic carbocycles. The maximum Gasteiger partial charge on any atom is 0.153 e. The standard InChI is InChI=1S/C15H8ClFN4/c16-13-7-10(9-18)6-12(15(13)17)11-2-4-19-14(8-11)21-5-1-3-20-21/h1-8H. The summed E-state index contributed by atoms with van der Waals surface area (Å²) in [5, 5.41) is 13.0. The van der Waals surface area contributed by atoms with E-state index in [9.17, 15) is 4.39 Å². The van der Waals surface area contributed by atoms with Gasteiger partial charge >= 0.3 is 0 Å². The number of nitriles is 1. The van der Waals surface area contributed by atoms with Crippen molar-refractivity contribution in [3.8, 4) is 23.0 Å². The highest BCUT2D eigenvalue weighted by atomic mass is 35.5. The summed E-state index contributed by atoms with van der Waals surface area (Å²) in [5.74, 6) is -0.0105. The lowest BCUT2D eigenvalue weighted by molar-refractivity contribution is 0.631. The van der Waals surface area contributed by atoms with Gasteiger partial charge in [0, 0.05) is 24.2 Å². The van der Waals surface area contributed by atoms with Gasteiger partial charge in [-0.3, -0.25) is 0 Å². The molecular formula is C15H8ClFN4. The van der Waals surface area contributed by atoms with E-state index in [1.807, 2.05) is 6.07 Å². The van der Waals surface area contributed by atoms with Gasteiger partial charge in [0.25, 0.3) is 0 Å². The van der Waals surface area contributed by atoms with Crippen molar-refractivity contribution in [3.05, 3.63) is 65.3 Å². The Morgan fingerprint density at radius 1 is 1.24 bits per heavy atom. The molecule has 21 heavy (non-hydrogen) atoms. The van der Waals surface area contributed by atoms with Crippen LogP contribution in [0, 0.1) is 17.1 Å². The fourth-order valence-corrected chi connectivity index (χ4v) is 2.20. The molecular weight excluding hydrogens is 291 g/mol. The van der Waals surface area contributed by atoms with Gasteiger partial charge in [0.1, 0.15) is 5.82 Å². The summed E-state index contributed by atoms with van der Waals surface area (Å²) in [4.78, 5) is 4.18. The zero-order chi connectivity index (χ0) is 14.8. The molecule has 0 radical (unpaired) electrons. The smallest absolute Gasteiger partial charge is 0.153 e. The molecule has 0 unspecified atom stereocenters. The van der Waals surface area contributed by atoms with Crippen LogP contribution in [0.4, 0.5) is 4.39 Å². The number of aromatic nitrogens is 3. The average molecular weight is 299 g/mol. The molecule has 0 fully saturated rings. The fraction of sp³-hybridized carbons (Fsp3) is 0. The van der Waals surface area contributed by atoms with Crippen molar-refractivity contribution in [2.75, 3.05) is 0 Å². The van der Waals surface area contributed by atoms with E-state index in [4.69, 9.17) is 16.9 Å². The predicted octanol–water partition coefficient (Wildman–Crippen LogP) is 3.60. The fourth-order valence-electron chi connectivity index (χ4n) is 1.98. The van der Waals surface area contributed by atoms with Gasteiger partial charge in [-0.15, -0.1) is 0 Å². The van der Waals surface area contributed by atoms with Crippen LogP contribution in [0.25, 0.3) is 16.9 Å². The highest BCUT2D eigenvalue weighted by Crippen LogP contribution is 2.29. The second-order valence-corrected chi connectivity index (χ2v) is 4.69. The summed E-state index contributed by atoms with van der Waals surface area (Å²) in [6.45, 7) is 0. The molecule has 0 aliphatic carbocycles. The van der Waals surface area contributed by atoms with Crippen LogP contribution in [0.2, 0.25) is 5.02 Å². The van der Waals surface area contributed by atoms with E-state index >= 15 is 0 Å². The van der Waals surface area contributed by atoms with E-state index in [0.29, 0.717) is 16.9 Å². The normalized spacial score (nSPS) is 10.3. The molecule has 2 heterocycles. The molecule has 3 aromatic rings. The first-order valence-electron chi connectivity index (χ1n) is 6.04. The Morgan fingerprint density at radius 2 is 2.10 bits per heavy atom. The average Bonchev–Trinajstić information content (AvgIpc) is 3.04. The first-order chi connectivity index (χ1) is 10.2. The highest BCUT2D eigenvalue weighted by Gasteiger charge is 2.12. The Balaban J connectivity index is 2.16. The van der Waals surface area contributed by atoms with Gasteiger partial charge in [0.15, 0.2) is 5.82 Å². The topological polar surface area (TPSA) is 54.5 Å². The summed E-state index contributed by atoms with van der Waals surface area (Å²) in [7, 11) is 0. The lowest BCUT2D eigenvalue weighted by atomic mass is 10.0. The molecule has 0 atom stereocenters. The number of pyridine rings is 1. The van der Waals surface area contributed by atoms with Crippen LogP contribution >= 0.6 is 11.6 Å². The Bertz CT molecular complexity index is 837. The van der Waals surface area contributed by atoms with E-state index in [2.05, 4.69) is 10.1 Å². The van der Waals surface area contributed by atoms with E-state index in [-0.39, 0.29) is 10.6 Å². The van der Waals surface area contributed by atoms with Gasteiger partial charge in [-0.2, -0.15) is 10.4 Å². The molecule has 0 saturated heterocycles. The molecule has 0 bridgehead atoms. The Labute approximate surface area is 125 Å². The number of halogens is 2. The van der Waals surface area contributed by atoms with Gasteiger partial charge in [-0.25, -0.2) is 14.1 Å². The molecule has 0 spiro atoms. The number of nitrogens with zero attached hydrogens (tertiary/aromatic N) is 4. The molecule has 0 aliphatic rings. The molecule has 2 aromatic heterocycles. The van der Waals surface area contributed by atoms with E-state index in [1.54, 1.807) is 41.5 Å². The third-order valence-electron chi connectivity index (χ3n) is 2.95. The van der Waals surface area contributed by atoms with Crippen LogP contribution in [-0.4, -0.2) is 14.8 Å². The van der Waals surface area contributed by atoms with Crippen molar-refractivity contribution in [2.24, 2.45) is 0 Å². The van der Waals surface area contributed by atoms with E-state index in [0.717, 1.165) is 0 Å². The molecule has 0 aliphatic heterocycles. The van der Waals surface area contributed by atoms with Crippen molar-refractivity contribution in [2.45, 2.75) is 0 Å². The maximum atomic E-state index is 14.2. The summed E-state index contributed by atoms with van der Waals surface area (Å²) in [6, 6.07) is 9.83. The SMILES string of the molecule is N#Cc1cc(Cl)c(F)c(-c2ccnc(-n3cccn3)c2)c1. The van der Waals surface area contributed by atoms with Gasteiger partial charge in [-0.1, -0.05) is 11.6 Å². The van der Waals surface area contributed by atoms with Gasteiger partial charge in [-0.05, 0) is 35.9 Å². The molecule has 0 amide bonds. The molecule has 102 valence electrons. The Hall–Kier alpha value is -2.71. The van der Waals surface area contributed by atoms with Gasteiger partial charge < -0.3 is 0 Å². The minimum absolute atomic E-state index is 0.0819. The highest BCUT2D eigenvalue weighted by molar-refractivity contribution is 6.31. The van der Waals surface area contributed by atoms with E-state index < -0.39 is 5.82 Å². The van der Waals surface area contributed by atoms with Crippen molar-refractivity contribution < 1.29 is 4.39 Å². The third-order valence-corrected chi connectivity index (χ3v) is 3.23. The summed E-state index contributed by atoms with van der Waals surface area (Å²) in [6.07, 6.45) is 4.92. The van der Waals surface area contributed by atoms with Crippen LogP contribution in [0.5, 0.6) is 0 Å². The molecule has 3 rings (SSSR count). The minimum Gasteiger partial charge on any atom is -0.237 e. The molecule has 4 nitrogen and oxygen atoms in total. The number of hydrogen-bond donors (Lipinski definition) is 0. The summed E-state index contributed by atoms with van der Waals surface area (Å²) < 4.78 is 15.8. The quantitative estimate of drug-likeness (QED) is 0.726. The first kappa shape index (κ1) is 13.3. The lowest BCUT2D eigenvalue weighted by Gasteiger charge is -2.08.